The summed E-state index contributed by atoms with van der Waals surface area (Å²) in [6.07, 6.45) is 5.04. The zero-order valence-electron chi connectivity index (χ0n) is 24.3. The van der Waals surface area contributed by atoms with Crippen LogP contribution in [0.1, 0.15) is 50.2 Å². The molecule has 1 aliphatic rings. The van der Waals surface area contributed by atoms with E-state index in [1.165, 1.54) is 24.1 Å². The van der Waals surface area contributed by atoms with Crippen molar-refractivity contribution in [1.29, 1.82) is 0 Å². The van der Waals surface area contributed by atoms with E-state index in [1.807, 2.05) is 6.92 Å². The Balaban J connectivity index is 1.70. The van der Waals surface area contributed by atoms with E-state index in [0.29, 0.717) is 16.3 Å². The summed E-state index contributed by atoms with van der Waals surface area (Å²) in [5, 5.41) is 3.55. The summed E-state index contributed by atoms with van der Waals surface area (Å²) in [7, 11) is -2.68. The molecular weight excluding hydrogens is 574 g/mol. The zero-order valence-corrected chi connectivity index (χ0v) is 25.8. The molecule has 10 heteroatoms. The number of hydrogen-bond donors (Lipinski definition) is 1. The molecule has 0 aliphatic heterocycles. The lowest BCUT2D eigenvalue weighted by molar-refractivity contribution is -0.139. The van der Waals surface area contributed by atoms with E-state index in [2.05, 4.69) is 5.32 Å². The average Bonchev–Trinajstić information content (AvgIpc) is 2.99. The zero-order chi connectivity index (χ0) is 30.3. The second kappa shape index (κ2) is 14.1. The molecule has 8 nitrogen and oxygen atoms in total. The highest BCUT2D eigenvalue weighted by Crippen LogP contribution is 2.28. The fraction of sp³-hybridized carbons (Fsp3) is 0.375. The fourth-order valence-corrected chi connectivity index (χ4v) is 6.69. The van der Waals surface area contributed by atoms with Crippen molar-refractivity contribution >= 4 is 39.1 Å². The van der Waals surface area contributed by atoms with Crippen molar-refractivity contribution in [2.24, 2.45) is 0 Å². The molecule has 1 fully saturated rings. The van der Waals surface area contributed by atoms with E-state index < -0.39 is 28.5 Å². The van der Waals surface area contributed by atoms with Crippen LogP contribution >= 0.6 is 11.6 Å². The first-order chi connectivity index (χ1) is 20.1. The number of methoxy groups -OCH3 is 1. The number of halogens is 1. The number of nitrogens with one attached hydrogen (secondary N) is 1. The number of sulfonamides is 1. The fourth-order valence-electron chi connectivity index (χ4n) is 5.09. The lowest BCUT2D eigenvalue weighted by Gasteiger charge is -2.33. The summed E-state index contributed by atoms with van der Waals surface area (Å²) in [6.45, 7) is 3.03. The first kappa shape index (κ1) is 31.4. The van der Waals surface area contributed by atoms with Crippen LogP contribution in [0.2, 0.25) is 5.02 Å². The molecule has 2 amide bonds. The van der Waals surface area contributed by atoms with Gasteiger partial charge in [0.25, 0.3) is 10.0 Å². The van der Waals surface area contributed by atoms with Gasteiger partial charge in [-0.2, -0.15) is 0 Å². The highest BCUT2D eigenvalue weighted by molar-refractivity contribution is 7.92. The van der Waals surface area contributed by atoms with Gasteiger partial charge in [0.05, 0.1) is 17.7 Å². The second-order valence-electron chi connectivity index (χ2n) is 10.7. The van der Waals surface area contributed by atoms with E-state index in [-0.39, 0.29) is 29.1 Å². The van der Waals surface area contributed by atoms with Crippen LogP contribution in [0.4, 0.5) is 5.69 Å². The van der Waals surface area contributed by atoms with E-state index in [0.717, 1.165) is 42.0 Å². The molecule has 42 heavy (non-hydrogen) atoms. The number of carbonyl (C=O) groups is 2. The number of rotatable bonds is 11. The Bertz CT molecular complexity index is 1490. The Labute approximate surface area is 253 Å². The van der Waals surface area contributed by atoms with Gasteiger partial charge in [-0.3, -0.25) is 13.9 Å². The number of ether oxygens (including phenoxy) is 1. The predicted molar refractivity (Wildman–Crippen MR) is 165 cm³/mol. The van der Waals surface area contributed by atoms with Crippen LogP contribution < -0.4 is 14.4 Å². The summed E-state index contributed by atoms with van der Waals surface area (Å²) < 4.78 is 34.4. The molecule has 0 bridgehead atoms. The highest BCUT2D eigenvalue weighted by atomic mass is 35.5. The molecule has 1 saturated carbocycles. The van der Waals surface area contributed by atoms with Crippen molar-refractivity contribution in [2.75, 3.05) is 18.0 Å². The van der Waals surface area contributed by atoms with Crippen molar-refractivity contribution in [3.8, 4) is 5.75 Å². The number of nitrogens with zero attached hydrogens (tertiary/aromatic N) is 2. The quantitative estimate of drug-likeness (QED) is 0.299. The van der Waals surface area contributed by atoms with Gasteiger partial charge in [0.15, 0.2) is 0 Å². The highest BCUT2D eigenvalue weighted by Gasteiger charge is 2.33. The van der Waals surface area contributed by atoms with Gasteiger partial charge in [-0.25, -0.2) is 8.42 Å². The van der Waals surface area contributed by atoms with Gasteiger partial charge in [0.1, 0.15) is 18.3 Å². The maximum Gasteiger partial charge on any atom is 0.264 e. The van der Waals surface area contributed by atoms with E-state index in [1.54, 1.807) is 67.6 Å². The molecule has 0 radical (unpaired) electrons. The Hall–Kier alpha value is -3.56. The van der Waals surface area contributed by atoms with Crippen LogP contribution in [-0.4, -0.2) is 50.9 Å². The molecular formula is C32H38ClN3O5S. The summed E-state index contributed by atoms with van der Waals surface area (Å²) in [6, 6.07) is 19.3. The lowest BCUT2D eigenvalue weighted by atomic mass is 9.95. The predicted octanol–water partition coefficient (Wildman–Crippen LogP) is 5.72. The first-order valence-electron chi connectivity index (χ1n) is 14.2. The third kappa shape index (κ3) is 7.63. The van der Waals surface area contributed by atoms with Crippen LogP contribution in [0.25, 0.3) is 0 Å². The van der Waals surface area contributed by atoms with Crippen molar-refractivity contribution in [1.82, 2.24) is 10.2 Å². The largest absolute Gasteiger partial charge is 0.497 e. The summed E-state index contributed by atoms with van der Waals surface area (Å²) in [5.41, 5.74) is 1.82. The average molecular weight is 612 g/mol. The lowest BCUT2D eigenvalue weighted by Crippen LogP contribution is -2.53. The Morgan fingerprint density at radius 2 is 1.69 bits per heavy atom. The molecule has 1 atom stereocenters. The van der Waals surface area contributed by atoms with Crippen LogP contribution in [0, 0.1) is 6.92 Å². The Morgan fingerprint density at radius 1 is 1.00 bits per heavy atom. The van der Waals surface area contributed by atoms with Crippen LogP contribution in [0.5, 0.6) is 5.75 Å². The molecule has 3 aromatic carbocycles. The van der Waals surface area contributed by atoms with Gasteiger partial charge < -0.3 is 15.0 Å². The number of aryl methyl sites for hydroxylation is 1. The van der Waals surface area contributed by atoms with E-state index in [9.17, 15) is 18.0 Å². The smallest absolute Gasteiger partial charge is 0.264 e. The second-order valence-corrected chi connectivity index (χ2v) is 12.9. The minimum Gasteiger partial charge on any atom is -0.497 e. The molecule has 0 spiro atoms. The molecule has 0 aromatic heterocycles. The number of carbonyl (C=O) groups excluding carboxylic acids is 2. The van der Waals surface area contributed by atoms with Crippen molar-refractivity contribution < 1.29 is 22.7 Å². The molecule has 224 valence electrons. The first-order valence-corrected chi connectivity index (χ1v) is 16.0. The summed E-state index contributed by atoms with van der Waals surface area (Å²) in [4.78, 5) is 29.0. The van der Waals surface area contributed by atoms with Gasteiger partial charge in [0.2, 0.25) is 11.8 Å². The van der Waals surface area contributed by atoms with E-state index >= 15 is 0 Å². The maximum atomic E-state index is 14.1. The maximum absolute atomic E-state index is 14.1. The van der Waals surface area contributed by atoms with Crippen LogP contribution in [0.3, 0.4) is 0 Å². The Kier molecular flexibility index (Phi) is 10.5. The molecule has 0 heterocycles. The molecule has 1 unspecified atom stereocenters. The van der Waals surface area contributed by atoms with Gasteiger partial charge in [-0.1, -0.05) is 72.8 Å². The monoisotopic (exact) mass is 611 g/mol. The molecule has 3 aromatic rings. The Morgan fingerprint density at radius 3 is 2.36 bits per heavy atom. The SMILES string of the molecule is COc1cccc(N(CC(=O)N(Cc2ccccc2Cl)C(C)C(=O)NC2CCCCC2)S(=O)(=O)c2ccc(C)cc2)c1. The number of benzene rings is 3. The minimum atomic E-state index is -4.17. The van der Waals surface area contributed by atoms with Crippen molar-refractivity contribution in [3.05, 3.63) is 88.9 Å². The number of amides is 2. The van der Waals surface area contributed by atoms with E-state index in [4.69, 9.17) is 16.3 Å². The third-order valence-electron chi connectivity index (χ3n) is 7.65. The van der Waals surface area contributed by atoms with Gasteiger partial charge in [-0.05, 0) is 62.6 Å². The van der Waals surface area contributed by atoms with Crippen molar-refractivity contribution in [3.63, 3.8) is 0 Å². The standard InChI is InChI=1S/C32H38ClN3O5S/c1-23-16-18-29(19-17-23)42(39,40)36(27-13-9-14-28(20-27)41-3)22-31(37)35(21-25-10-7-8-15-30(25)33)24(2)32(38)34-26-11-5-4-6-12-26/h7-10,13-20,24,26H,4-6,11-12,21-22H2,1-3H3,(H,34,38). The summed E-state index contributed by atoms with van der Waals surface area (Å²) in [5.74, 6) is -0.381. The van der Waals surface area contributed by atoms with Crippen LogP contribution in [-0.2, 0) is 26.2 Å². The number of anilines is 1. The van der Waals surface area contributed by atoms with Crippen molar-refractivity contribution in [2.45, 2.75) is 69.5 Å². The van der Waals surface area contributed by atoms with Crippen LogP contribution in [0.15, 0.2) is 77.7 Å². The summed E-state index contributed by atoms with van der Waals surface area (Å²) >= 11 is 6.45. The number of hydrogen-bond acceptors (Lipinski definition) is 5. The van der Waals surface area contributed by atoms with Gasteiger partial charge in [-0.15, -0.1) is 0 Å². The normalized spacial score (nSPS) is 14.6. The molecule has 4 rings (SSSR count). The minimum absolute atomic E-state index is 0.0360. The van der Waals surface area contributed by atoms with Gasteiger partial charge in [0, 0.05) is 23.7 Å². The van der Waals surface area contributed by atoms with Gasteiger partial charge >= 0.3 is 0 Å². The molecule has 0 saturated heterocycles. The molecule has 1 N–H and O–H groups in total. The topological polar surface area (TPSA) is 96.0 Å². The molecule has 1 aliphatic carbocycles. The third-order valence-corrected chi connectivity index (χ3v) is 9.80.